The van der Waals surface area contributed by atoms with Gasteiger partial charge in [0.05, 0.1) is 6.54 Å². The summed E-state index contributed by atoms with van der Waals surface area (Å²) < 4.78 is 0. The SMILES string of the molecule is O=C(CCC1NC(=O)N(Cc2ccccc2)C1=O)N1CCN(CCc2ccncc2)CC1. The van der Waals surface area contributed by atoms with Crippen LogP contribution in [0.3, 0.4) is 0 Å². The molecule has 1 aromatic heterocycles. The van der Waals surface area contributed by atoms with Crippen LogP contribution in [-0.2, 0) is 22.6 Å². The van der Waals surface area contributed by atoms with E-state index in [0.717, 1.165) is 31.6 Å². The van der Waals surface area contributed by atoms with Crippen LogP contribution in [0.25, 0.3) is 0 Å². The Bertz CT molecular complexity index is 929. The van der Waals surface area contributed by atoms with Crippen molar-refractivity contribution in [1.29, 1.82) is 0 Å². The van der Waals surface area contributed by atoms with Crippen LogP contribution in [0, 0.1) is 0 Å². The Balaban J connectivity index is 1.19. The van der Waals surface area contributed by atoms with Crippen LogP contribution in [0.2, 0.25) is 0 Å². The number of hydrogen-bond acceptors (Lipinski definition) is 5. The lowest BCUT2D eigenvalue weighted by Crippen LogP contribution is -2.49. The van der Waals surface area contributed by atoms with E-state index in [2.05, 4.69) is 15.2 Å². The van der Waals surface area contributed by atoms with Crippen molar-refractivity contribution >= 4 is 17.8 Å². The molecule has 3 heterocycles. The molecule has 168 valence electrons. The van der Waals surface area contributed by atoms with E-state index in [1.165, 1.54) is 10.5 Å². The fourth-order valence-electron chi connectivity index (χ4n) is 4.17. The zero-order valence-electron chi connectivity index (χ0n) is 18.2. The number of nitrogens with one attached hydrogen (secondary N) is 1. The van der Waals surface area contributed by atoms with E-state index in [0.29, 0.717) is 19.5 Å². The minimum absolute atomic E-state index is 0.0438. The van der Waals surface area contributed by atoms with Crippen molar-refractivity contribution in [2.45, 2.75) is 31.8 Å². The third kappa shape index (κ3) is 5.50. The third-order valence-corrected chi connectivity index (χ3v) is 6.13. The molecule has 1 aromatic carbocycles. The van der Waals surface area contributed by atoms with Gasteiger partial charge in [-0.2, -0.15) is 0 Å². The van der Waals surface area contributed by atoms with Crippen LogP contribution in [0.15, 0.2) is 54.9 Å². The highest BCUT2D eigenvalue weighted by Gasteiger charge is 2.38. The summed E-state index contributed by atoms with van der Waals surface area (Å²) in [6.45, 7) is 4.30. The van der Waals surface area contributed by atoms with Crippen LogP contribution in [0.5, 0.6) is 0 Å². The predicted octanol–water partition coefficient (Wildman–Crippen LogP) is 1.67. The summed E-state index contributed by atoms with van der Waals surface area (Å²) in [4.78, 5) is 47.1. The van der Waals surface area contributed by atoms with Gasteiger partial charge in [-0.1, -0.05) is 30.3 Å². The van der Waals surface area contributed by atoms with Crippen molar-refractivity contribution in [3.63, 3.8) is 0 Å². The second-order valence-electron chi connectivity index (χ2n) is 8.28. The summed E-state index contributed by atoms with van der Waals surface area (Å²) in [5, 5.41) is 2.73. The molecule has 1 unspecified atom stereocenters. The lowest BCUT2D eigenvalue weighted by Gasteiger charge is -2.35. The molecule has 0 saturated carbocycles. The summed E-state index contributed by atoms with van der Waals surface area (Å²) in [7, 11) is 0. The zero-order valence-corrected chi connectivity index (χ0v) is 18.2. The van der Waals surface area contributed by atoms with E-state index in [-0.39, 0.29) is 30.8 Å². The van der Waals surface area contributed by atoms with E-state index < -0.39 is 6.04 Å². The highest BCUT2D eigenvalue weighted by Crippen LogP contribution is 2.16. The number of hydrogen-bond donors (Lipinski definition) is 1. The molecule has 0 spiro atoms. The number of imide groups is 1. The molecule has 32 heavy (non-hydrogen) atoms. The van der Waals surface area contributed by atoms with Crippen molar-refractivity contribution < 1.29 is 14.4 Å². The normalized spacial score (nSPS) is 19.3. The Labute approximate surface area is 188 Å². The summed E-state index contributed by atoms with van der Waals surface area (Å²) in [5.41, 5.74) is 2.16. The van der Waals surface area contributed by atoms with E-state index in [4.69, 9.17) is 0 Å². The van der Waals surface area contributed by atoms with Gasteiger partial charge in [0.1, 0.15) is 6.04 Å². The number of piperazine rings is 1. The average Bonchev–Trinajstić information content (AvgIpc) is 3.10. The Kier molecular flexibility index (Phi) is 7.11. The van der Waals surface area contributed by atoms with Gasteiger partial charge in [0.2, 0.25) is 5.91 Å². The van der Waals surface area contributed by atoms with Crippen molar-refractivity contribution in [3.8, 4) is 0 Å². The summed E-state index contributed by atoms with van der Waals surface area (Å²) in [5.74, 6) is -0.213. The number of rotatable bonds is 8. The summed E-state index contributed by atoms with van der Waals surface area (Å²) >= 11 is 0. The predicted molar refractivity (Wildman–Crippen MR) is 120 cm³/mol. The monoisotopic (exact) mass is 435 g/mol. The van der Waals surface area contributed by atoms with Crippen molar-refractivity contribution in [2.24, 2.45) is 0 Å². The summed E-state index contributed by atoms with van der Waals surface area (Å²) in [6.07, 6.45) is 5.18. The van der Waals surface area contributed by atoms with Gasteiger partial charge in [-0.05, 0) is 36.1 Å². The first-order valence-corrected chi connectivity index (χ1v) is 11.1. The van der Waals surface area contributed by atoms with Crippen molar-refractivity contribution in [1.82, 2.24) is 25.0 Å². The molecule has 4 amide bonds. The number of aromatic nitrogens is 1. The Morgan fingerprint density at radius 3 is 2.41 bits per heavy atom. The van der Waals surface area contributed by atoms with Gasteiger partial charge in [0, 0.05) is 51.5 Å². The number of nitrogens with zero attached hydrogens (tertiary/aromatic N) is 4. The lowest BCUT2D eigenvalue weighted by molar-refractivity contribution is -0.133. The molecule has 0 bridgehead atoms. The molecule has 8 heteroatoms. The van der Waals surface area contributed by atoms with Crippen LogP contribution in [0.1, 0.15) is 24.0 Å². The number of benzene rings is 1. The quantitative estimate of drug-likeness (QED) is 0.638. The van der Waals surface area contributed by atoms with Gasteiger partial charge < -0.3 is 10.2 Å². The maximum atomic E-state index is 12.7. The minimum atomic E-state index is -0.628. The van der Waals surface area contributed by atoms with Gasteiger partial charge in [-0.15, -0.1) is 0 Å². The number of urea groups is 1. The second-order valence-corrected chi connectivity index (χ2v) is 8.28. The largest absolute Gasteiger partial charge is 0.340 e. The zero-order chi connectivity index (χ0) is 22.3. The van der Waals surface area contributed by atoms with Crippen molar-refractivity contribution in [2.75, 3.05) is 32.7 Å². The van der Waals surface area contributed by atoms with Crippen LogP contribution in [-0.4, -0.2) is 76.3 Å². The molecule has 2 aliphatic heterocycles. The second kappa shape index (κ2) is 10.4. The van der Waals surface area contributed by atoms with Gasteiger partial charge in [-0.25, -0.2) is 4.79 Å². The Morgan fingerprint density at radius 2 is 1.69 bits per heavy atom. The van der Waals surface area contributed by atoms with E-state index >= 15 is 0 Å². The summed E-state index contributed by atoms with van der Waals surface area (Å²) in [6, 6.07) is 12.5. The number of carbonyl (C=O) groups excluding carboxylic acids is 3. The van der Waals surface area contributed by atoms with E-state index in [1.54, 1.807) is 0 Å². The number of carbonyl (C=O) groups is 3. The topological polar surface area (TPSA) is 85.8 Å². The molecule has 2 fully saturated rings. The Hall–Kier alpha value is -3.26. The van der Waals surface area contributed by atoms with Gasteiger partial charge >= 0.3 is 6.03 Å². The van der Waals surface area contributed by atoms with Crippen molar-refractivity contribution in [3.05, 3.63) is 66.0 Å². The first-order chi connectivity index (χ1) is 15.6. The van der Waals surface area contributed by atoms with E-state index in [9.17, 15) is 14.4 Å². The van der Waals surface area contributed by atoms with Crippen LogP contribution in [0.4, 0.5) is 4.79 Å². The molecule has 2 saturated heterocycles. The smallest absolute Gasteiger partial charge is 0.325 e. The first-order valence-electron chi connectivity index (χ1n) is 11.1. The van der Waals surface area contributed by atoms with E-state index in [1.807, 2.05) is 59.8 Å². The molecule has 1 atom stereocenters. The number of pyridine rings is 1. The third-order valence-electron chi connectivity index (χ3n) is 6.13. The van der Waals surface area contributed by atoms with Crippen LogP contribution >= 0.6 is 0 Å². The van der Waals surface area contributed by atoms with Gasteiger partial charge in [0.15, 0.2) is 0 Å². The maximum Gasteiger partial charge on any atom is 0.325 e. The fraction of sp³-hybridized carbons (Fsp3) is 0.417. The first kappa shape index (κ1) is 22.0. The standard InChI is InChI=1S/C24H29N5O3/c30-22(28-16-14-27(15-17-28)13-10-19-8-11-25-12-9-19)7-6-21-23(31)29(24(32)26-21)18-20-4-2-1-3-5-20/h1-5,8-9,11-12,21H,6-7,10,13-18H2,(H,26,32). The maximum absolute atomic E-state index is 12.7. The number of amides is 4. The molecule has 0 radical (unpaired) electrons. The molecular formula is C24H29N5O3. The minimum Gasteiger partial charge on any atom is -0.340 e. The van der Waals surface area contributed by atoms with Crippen LogP contribution < -0.4 is 5.32 Å². The Morgan fingerprint density at radius 1 is 0.969 bits per heavy atom. The molecule has 1 N–H and O–H groups in total. The van der Waals surface area contributed by atoms with Gasteiger partial charge in [0.25, 0.3) is 5.91 Å². The highest BCUT2D eigenvalue weighted by atomic mass is 16.2. The molecule has 0 aliphatic carbocycles. The molecule has 2 aromatic rings. The molecule has 4 rings (SSSR count). The fourth-order valence-corrected chi connectivity index (χ4v) is 4.17. The lowest BCUT2D eigenvalue weighted by atomic mass is 10.1. The molecular weight excluding hydrogens is 406 g/mol. The molecule has 8 nitrogen and oxygen atoms in total. The molecule has 2 aliphatic rings. The average molecular weight is 436 g/mol. The highest BCUT2D eigenvalue weighted by molar-refractivity contribution is 6.04. The van der Waals surface area contributed by atoms with Gasteiger partial charge in [-0.3, -0.25) is 24.4 Å².